The number of fused-ring (bicyclic) bond motifs is 1. The number of nitrogens with one attached hydrogen (secondary N) is 1. The lowest BCUT2D eigenvalue weighted by molar-refractivity contribution is -0.133. The quantitative estimate of drug-likeness (QED) is 0.581. The van der Waals surface area contributed by atoms with Crippen molar-refractivity contribution < 1.29 is 9.53 Å². The molecule has 0 atom stereocenters. The minimum atomic E-state index is -0.557. The van der Waals surface area contributed by atoms with Crippen LogP contribution < -0.4 is 10.3 Å². The van der Waals surface area contributed by atoms with Crippen molar-refractivity contribution in [2.24, 2.45) is 0 Å². The number of ether oxygens (including phenoxy) is 1. The molecule has 1 N–H and O–H groups in total. The number of nitrogens with zero attached hydrogens (tertiary/aromatic N) is 1. The number of carbonyl (C=O) groups is 1. The second-order valence-electron chi connectivity index (χ2n) is 4.75. The minimum Gasteiger partial charge on any atom is -0.425 e. The van der Waals surface area contributed by atoms with E-state index in [-0.39, 0.29) is 22.8 Å². The van der Waals surface area contributed by atoms with Gasteiger partial charge in [-0.05, 0) is 18.2 Å². The van der Waals surface area contributed by atoms with E-state index in [9.17, 15) is 9.59 Å². The monoisotopic (exact) mass is 348 g/mol. The molecule has 5 nitrogen and oxygen atoms in total. The maximum absolute atomic E-state index is 12.1. The second kappa shape index (κ2) is 6.40. The highest BCUT2D eigenvalue weighted by Crippen LogP contribution is 2.31. The molecule has 3 aromatic rings. The van der Waals surface area contributed by atoms with Gasteiger partial charge in [0.2, 0.25) is 0 Å². The lowest BCUT2D eigenvalue weighted by Gasteiger charge is -2.08. The third-order valence-electron chi connectivity index (χ3n) is 3.23. The summed E-state index contributed by atoms with van der Waals surface area (Å²) < 4.78 is 5.22. The first-order valence-electron chi connectivity index (χ1n) is 6.67. The first-order chi connectivity index (χ1) is 11.1. The van der Waals surface area contributed by atoms with E-state index in [0.29, 0.717) is 21.5 Å². The highest BCUT2D eigenvalue weighted by Gasteiger charge is 2.14. The number of aromatic amines is 1. The van der Waals surface area contributed by atoms with E-state index in [2.05, 4.69) is 10.2 Å². The summed E-state index contributed by atoms with van der Waals surface area (Å²) in [5.74, 6) is -0.378. The van der Waals surface area contributed by atoms with Gasteiger partial charge in [-0.25, -0.2) is 5.10 Å². The molecule has 0 bridgehead atoms. The first-order valence-corrected chi connectivity index (χ1v) is 7.43. The number of hydrogen-bond acceptors (Lipinski definition) is 4. The van der Waals surface area contributed by atoms with Crippen molar-refractivity contribution in [3.05, 3.63) is 68.6 Å². The molecular weight excluding hydrogens is 339 g/mol. The SMILES string of the molecule is O=C(Cc1n[nH]c(=O)c2ccccc12)Oc1cccc(Cl)c1Cl. The molecule has 0 aliphatic carbocycles. The van der Waals surface area contributed by atoms with Gasteiger partial charge < -0.3 is 4.74 Å². The van der Waals surface area contributed by atoms with Crippen LogP contribution in [-0.4, -0.2) is 16.2 Å². The average molecular weight is 349 g/mol. The van der Waals surface area contributed by atoms with Crippen LogP contribution in [0, 0.1) is 0 Å². The molecule has 23 heavy (non-hydrogen) atoms. The number of carbonyl (C=O) groups excluding carboxylic acids is 1. The number of hydrogen-bond donors (Lipinski definition) is 1. The van der Waals surface area contributed by atoms with Crippen LogP contribution in [-0.2, 0) is 11.2 Å². The Bertz CT molecular complexity index is 953. The van der Waals surface area contributed by atoms with Crippen molar-refractivity contribution in [1.82, 2.24) is 10.2 Å². The van der Waals surface area contributed by atoms with Crippen molar-refractivity contribution in [2.45, 2.75) is 6.42 Å². The number of aromatic nitrogens is 2. The molecule has 0 saturated heterocycles. The summed E-state index contributed by atoms with van der Waals surface area (Å²) in [6.45, 7) is 0. The standard InChI is InChI=1S/C16H10Cl2N2O3/c17-11-6-3-7-13(15(11)18)23-14(21)8-12-9-4-1-2-5-10(9)16(22)20-19-12/h1-7H,8H2,(H,20,22). The Hall–Kier alpha value is -2.37. The van der Waals surface area contributed by atoms with E-state index >= 15 is 0 Å². The van der Waals surface area contributed by atoms with Crippen LogP contribution >= 0.6 is 23.2 Å². The predicted octanol–water partition coefficient (Wildman–Crippen LogP) is 3.38. The molecule has 1 aromatic heterocycles. The number of benzene rings is 2. The number of rotatable bonds is 3. The van der Waals surface area contributed by atoms with Gasteiger partial charge in [-0.15, -0.1) is 0 Å². The van der Waals surface area contributed by atoms with Crippen LogP contribution in [0.2, 0.25) is 10.0 Å². The Labute approximate surface area is 140 Å². The number of H-pyrrole nitrogens is 1. The highest BCUT2D eigenvalue weighted by molar-refractivity contribution is 6.43. The fourth-order valence-electron chi connectivity index (χ4n) is 2.16. The third kappa shape index (κ3) is 3.21. The van der Waals surface area contributed by atoms with Crippen molar-refractivity contribution in [3.63, 3.8) is 0 Å². The molecule has 0 saturated carbocycles. The fraction of sp³-hybridized carbons (Fsp3) is 0.0625. The molecule has 0 spiro atoms. The Kier molecular flexibility index (Phi) is 4.32. The largest absolute Gasteiger partial charge is 0.425 e. The lowest BCUT2D eigenvalue weighted by Crippen LogP contribution is -2.16. The van der Waals surface area contributed by atoms with Crippen molar-refractivity contribution in [2.75, 3.05) is 0 Å². The second-order valence-corrected chi connectivity index (χ2v) is 5.53. The molecule has 0 radical (unpaired) electrons. The van der Waals surface area contributed by atoms with Crippen molar-refractivity contribution in [3.8, 4) is 5.75 Å². The molecule has 1 heterocycles. The molecule has 0 amide bonds. The molecule has 2 aromatic carbocycles. The van der Waals surface area contributed by atoms with Gasteiger partial charge in [0.05, 0.1) is 22.5 Å². The summed E-state index contributed by atoms with van der Waals surface area (Å²) in [7, 11) is 0. The van der Waals surface area contributed by atoms with E-state index in [4.69, 9.17) is 27.9 Å². The number of halogens is 2. The summed E-state index contributed by atoms with van der Waals surface area (Å²) in [6, 6.07) is 11.7. The summed E-state index contributed by atoms with van der Waals surface area (Å²) in [4.78, 5) is 23.8. The smallest absolute Gasteiger partial charge is 0.317 e. The summed E-state index contributed by atoms with van der Waals surface area (Å²) in [5, 5.41) is 7.83. The molecule has 3 rings (SSSR count). The Morgan fingerprint density at radius 2 is 1.83 bits per heavy atom. The van der Waals surface area contributed by atoms with Crippen molar-refractivity contribution >= 4 is 39.9 Å². The van der Waals surface area contributed by atoms with Crippen molar-refractivity contribution in [1.29, 1.82) is 0 Å². The van der Waals surface area contributed by atoms with Gasteiger partial charge in [0.15, 0.2) is 5.75 Å². The highest BCUT2D eigenvalue weighted by atomic mass is 35.5. The molecule has 7 heteroatoms. The van der Waals surface area contributed by atoms with Crippen LogP contribution in [0.15, 0.2) is 47.3 Å². The van der Waals surface area contributed by atoms with E-state index in [1.807, 2.05) is 0 Å². The summed E-state index contributed by atoms with van der Waals surface area (Å²) >= 11 is 11.9. The van der Waals surface area contributed by atoms with Gasteiger partial charge in [-0.1, -0.05) is 47.5 Å². The molecule has 0 fully saturated rings. The lowest BCUT2D eigenvalue weighted by atomic mass is 10.1. The summed E-state index contributed by atoms with van der Waals surface area (Å²) in [5.41, 5.74) is 0.110. The Morgan fingerprint density at radius 1 is 1.09 bits per heavy atom. The Morgan fingerprint density at radius 3 is 2.61 bits per heavy atom. The van der Waals surface area contributed by atoms with E-state index < -0.39 is 5.97 Å². The molecule has 0 aliphatic rings. The predicted molar refractivity (Wildman–Crippen MR) is 88.2 cm³/mol. The van der Waals surface area contributed by atoms with Gasteiger partial charge in [-0.2, -0.15) is 5.10 Å². The summed E-state index contributed by atoms with van der Waals surface area (Å²) in [6.07, 6.45) is -0.111. The fourth-order valence-corrected chi connectivity index (χ4v) is 2.49. The molecule has 0 aliphatic heterocycles. The van der Waals surface area contributed by atoms with Crippen LogP contribution in [0.5, 0.6) is 5.75 Å². The van der Waals surface area contributed by atoms with E-state index in [0.717, 1.165) is 0 Å². The zero-order valence-electron chi connectivity index (χ0n) is 11.7. The molecule has 116 valence electrons. The minimum absolute atomic E-state index is 0.111. The van der Waals surface area contributed by atoms with Gasteiger partial charge in [0.1, 0.15) is 5.02 Å². The first kappa shape index (κ1) is 15.5. The van der Waals surface area contributed by atoms with Gasteiger partial charge in [-0.3, -0.25) is 9.59 Å². The molecular formula is C16H10Cl2N2O3. The maximum atomic E-state index is 12.1. The van der Waals surface area contributed by atoms with E-state index in [1.54, 1.807) is 42.5 Å². The van der Waals surface area contributed by atoms with E-state index in [1.165, 1.54) is 0 Å². The van der Waals surface area contributed by atoms with Gasteiger partial charge in [0, 0.05) is 5.39 Å². The van der Waals surface area contributed by atoms with Crippen LogP contribution in [0.25, 0.3) is 10.8 Å². The van der Waals surface area contributed by atoms with Crippen LogP contribution in [0.1, 0.15) is 5.69 Å². The maximum Gasteiger partial charge on any atom is 0.317 e. The van der Waals surface area contributed by atoms with Crippen LogP contribution in [0.4, 0.5) is 0 Å². The average Bonchev–Trinajstić information content (AvgIpc) is 2.55. The Balaban J connectivity index is 1.88. The molecule has 0 unspecified atom stereocenters. The topological polar surface area (TPSA) is 72.0 Å². The van der Waals surface area contributed by atoms with Gasteiger partial charge >= 0.3 is 5.97 Å². The van der Waals surface area contributed by atoms with Gasteiger partial charge in [0.25, 0.3) is 5.56 Å². The third-order valence-corrected chi connectivity index (χ3v) is 4.03. The van der Waals surface area contributed by atoms with Crippen LogP contribution in [0.3, 0.4) is 0 Å². The zero-order valence-corrected chi connectivity index (χ0v) is 13.2. The number of esters is 1. The zero-order chi connectivity index (χ0) is 16.4. The normalized spacial score (nSPS) is 10.7.